The van der Waals surface area contributed by atoms with Gasteiger partial charge in [-0.3, -0.25) is 4.79 Å². The third kappa shape index (κ3) is 7.46. The van der Waals surface area contributed by atoms with E-state index in [1.807, 2.05) is 0 Å². The lowest BCUT2D eigenvalue weighted by Gasteiger charge is -2.19. The Bertz CT molecular complexity index is 644. The van der Waals surface area contributed by atoms with Crippen molar-refractivity contribution in [2.24, 2.45) is 0 Å². The Morgan fingerprint density at radius 2 is 1.31 bits per heavy atom. The lowest BCUT2D eigenvalue weighted by molar-refractivity contribution is -0.114. The van der Waals surface area contributed by atoms with Crippen LogP contribution in [-0.4, -0.2) is 20.4 Å². The highest BCUT2D eigenvalue weighted by molar-refractivity contribution is 7.89. The quantitative estimate of drug-likeness (QED) is 0.802. The number of carbonyl (C=O) groups excluding carboxylic acids is 1. The molecule has 0 bridgehead atoms. The van der Waals surface area contributed by atoms with Gasteiger partial charge in [-0.1, -0.05) is 57.8 Å². The summed E-state index contributed by atoms with van der Waals surface area (Å²) in [6, 6.07) is 6.34. The number of hydrogen-bond donors (Lipinski definition) is 2. The predicted molar refractivity (Wildman–Crippen MR) is 106 cm³/mol. The van der Waals surface area contributed by atoms with Gasteiger partial charge in [-0.15, -0.1) is 0 Å². The Hall–Kier alpha value is -1.40. The van der Waals surface area contributed by atoms with E-state index in [1.165, 1.54) is 51.9 Å². The van der Waals surface area contributed by atoms with Crippen LogP contribution in [0.15, 0.2) is 29.2 Å². The molecule has 1 fully saturated rings. The third-order valence-corrected chi connectivity index (χ3v) is 6.45. The van der Waals surface area contributed by atoms with Crippen molar-refractivity contribution in [1.29, 1.82) is 0 Å². The van der Waals surface area contributed by atoms with Gasteiger partial charge in [0.15, 0.2) is 0 Å². The number of hydrogen-bond acceptors (Lipinski definition) is 3. The number of rotatable bonds is 4. The molecule has 0 aliphatic heterocycles. The van der Waals surface area contributed by atoms with Crippen LogP contribution < -0.4 is 10.0 Å². The number of anilines is 1. The number of nitrogens with one attached hydrogen (secondary N) is 2. The summed E-state index contributed by atoms with van der Waals surface area (Å²) in [6.45, 7) is 1.43. The molecular weight excluding hydrogens is 348 g/mol. The fraction of sp³-hybridized carbons (Fsp3) is 0.650. The average Bonchev–Trinajstić information content (AvgIpc) is 2.57. The molecule has 1 aromatic rings. The summed E-state index contributed by atoms with van der Waals surface area (Å²) in [5, 5.41) is 2.65. The van der Waals surface area contributed by atoms with Gasteiger partial charge >= 0.3 is 0 Å². The van der Waals surface area contributed by atoms with Crippen molar-refractivity contribution in [2.75, 3.05) is 5.32 Å². The lowest BCUT2D eigenvalue weighted by Crippen LogP contribution is -2.35. The first-order chi connectivity index (χ1) is 12.5. The van der Waals surface area contributed by atoms with Crippen LogP contribution in [0.4, 0.5) is 5.69 Å². The highest BCUT2D eigenvalue weighted by atomic mass is 32.2. The smallest absolute Gasteiger partial charge is 0.240 e. The topological polar surface area (TPSA) is 75.3 Å². The first-order valence-electron chi connectivity index (χ1n) is 9.87. The number of benzene rings is 1. The Labute approximate surface area is 158 Å². The molecule has 1 aliphatic carbocycles. The van der Waals surface area contributed by atoms with Crippen molar-refractivity contribution in [1.82, 2.24) is 4.72 Å². The summed E-state index contributed by atoms with van der Waals surface area (Å²) in [5.74, 6) is -0.174. The Balaban J connectivity index is 1.98. The molecule has 0 aromatic heterocycles. The van der Waals surface area contributed by atoms with Crippen LogP contribution in [0.2, 0.25) is 0 Å². The van der Waals surface area contributed by atoms with Crippen molar-refractivity contribution < 1.29 is 13.2 Å². The van der Waals surface area contributed by atoms with E-state index in [-0.39, 0.29) is 16.8 Å². The predicted octanol–water partition coefficient (Wildman–Crippen LogP) is 4.60. The normalized spacial score (nSPS) is 18.5. The maximum absolute atomic E-state index is 12.7. The summed E-state index contributed by atoms with van der Waals surface area (Å²) < 4.78 is 28.3. The van der Waals surface area contributed by atoms with E-state index in [2.05, 4.69) is 10.0 Å². The standard InChI is InChI=1S/C20H32N2O3S/c1-17(23)21-18-13-15-20(16-14-18)26(24,25)22-19-11-9-7-5-3-2-4-6-8-10-12-19/h13-16,19,22H,2-12H2,1H3,(H,21,23). The van der Waals surface area contributed by atoms with E-state index in [9.17, 15) is 13.2 Å². The molecule has 146 valence electrons. The van der Waals surface area contributed by atoms with Gasteiger partial charge in [0.1, 0.15) is 0 Å². The number of carbonyl (C=O) groups is 1. The molecular formula is C20H32N2O3S. The molecule has 5 nitrogen and oxygen atoms in total. The highest BCUT2D eigenvalue weighted by Gasteiger charge is 2.20. The number of amides is 1. The zero-order valence-electron chi connectivity index (χ0n) is 15.8. The van der Waals surface area contributed by atoms with Crippen LogP contribution in [0.5, 0.6) is 0 Å². The van der Waals surface area contributed by atoms with E-state index in [1.54, 1.807) is 24.3 Å². The minimum absolute atomic E-state index is 0.00875. The first-order valence-corrected chi connectivity index (χ1v) is 11.4. The largest absolute Gasteiger partial charge is 0.326 e. The molecule has 6 heteroatoms. The maximum atomic E-state index is 12.7. The second-order valence-electron chi connectivity index (χ2n) is 7.28. The van der Waals surface area contributed by atoms with Crippen LogP contribution in [0.25, 0.3) is 0 Å². The maximum Gasteiger partial charge on any atom is 0.240 e. The van der Waals surface area contributed by atoms with E-state index < -0.39 is 10.0 Å². The zero-order chi connectivity index (χ0) is 18.8. The van der Waals surface area contributed by atoms with Crippen molar-refractivity contribution in [2.45, 2.75) is 88.5 Å². The monoisotopic (exact) mass is 380 g/mol. The lowest BCUT2D eigenvalue weighted by atomic mass is 9.98. The fourth-order valence-corrected chi connectivity index (χ4v) is 4.79. The minimum Gasteiger partial charge on any atom is -0.326 e. The average molecular weight is 381 g/mol. The fourth-order valence-electron chi connectivity index (χ4n) is 3.49. The van der Waals surface area contributed by atoms with Crippen LogP contribution in [0, 0.1) is 0 Å². The molecule has 0 radical (unpaired) electrons. The van der Waals surface area contributed by atoms with Gasteiger partial charge < -0.3 is 5.32 Å². The summed E-state index contributed by atoms with van der Waals surface area (Å²) in [5.41, 5.74) is 0.599. The summed E-state index contributed by atoms with van der Waals surface area (Å²) >= 11 is 0. The van der Waals surface area contributed by atoms with Gasteiger partial charge in [0.25, 0.3) is 0 Å². The second-order valence-corrected chi connectivity index (χ2v) is 9.00. The van der Waals surface area contributed by atoms with Crippen LogP contribution >= 0.6 is 0 Å². The van der Waals surface area contributed by atoms with Crippen LogP contribution in [-0.2, 0) is 14.8 Å². The van der Waals surface area contributed by atoms with Crippen molar-refractivity contribution in [3.05, 3.63) is 24.3 Å². The molecule has 2 rings (SSSR count). The van der Waals surface area contributed by atoms with Gasteiger partial charge in [-0.2, -0.15) is 0 Å². The van der Waals surface area contributed by atoms with E-state index >= 15 is 0 Å². The van der Waals surface area contributed by atoms with E-state index in [0.717, 1.165) is 25.7 Å². The molecule has 26 heavy (non-hydrogen) atoms. The molecule has 1 aromatic carbocycles. The molecule has 1 aliphatic rings. The summed E-state index contributed by atoms with van der Waals surface area (Å²) in [6.07, 6.45) is 12.8. The summed E-state index contributed by atoms with van der Waals surface area (Å²) in [4.78, 5) is 11.3. The Morgan fingerprint density at radius 3 is 1.77 bits per heavy atom. The Morgan fingerprint density at radius 1 is 0.846 bits per heavy atom. The summed E-state index contributed by atoms with van der Waals surface area (Å²) in [7, 11) is -3.53. The second kappa shape index (κ2) is 10.7. The van der Waals surface area contributed by atoms with Crippen molar-refractivity contribution in [3.63, 3.8) is 0 Å². The minimum atomic E-state index is -3.53. The van der Waals surface area contributed by atoms with Crippen LogP contribution in [0.1, 0.15) is 77.6 Å². The van der Waals surface area contributed by atoms with Gasteiger partial charge in [-0.05, 0) is 37.1 Å². The van der Waals surface area contributed by atoms with Gasteiger partial charge in [0, 0.05) is 18.7 Å². The number of sulfonamides is 1. The van der Waals surface area contributed by atoms with E-state index in [0.29, 0.717) is 5.69 Å². The SMILES string of the molecule is CC(=O)Nc1ccc(S(=O)(=O)NC2CCCCCCCCCCC2)cc1. The van der Waals surface area contributed by atoms with E-state index in [4.69, 9.17) is 0 Å². The molecule has 0 heterocycles. The first kappa shape index (κ1) is 20.9. The molecule has 0 atom stereocenters. The van der Waals surface area contributed by atoms with Gasteiger partial charge in [-0.25, -0.2) is 13.1 Å². The Kier molecular flexibility index (Phi) is 8.59. The molecule has 0 saturated heterocycles. The molecule has 0 spiro atoms. The zero-order valence-corrected chi connectivity index (χ0v) is 16.6. The van der Waals surface area contributed by atoms with Gasteiger partial charge in [0.05, 0.1) is 4.90 Å². The molecule has 2 N–H and O–H groups in total. The highest BCUT2D eigenvalue weighted by Crippen LogP contribution is 2.20. The van der Waals surface area contributed by atoms with Crippen molar-refractivity contribution in [3.8, 4) is 0 Å². The van der Waals surface area contributed by atoms with Gasteiger partial charge in [0.2, 0.25) is 15.9 Å². The third-order valence-electron chi connectivity index (χ3n) is 4.91. The van der Waals surface area contributed by atoms with Crippen molar-refractivity contribution >= 4 is 21.6 Å². The van der Waals surface area contributed by atoms with Crippen LogP contribution in [0.3, 0.4) is 0 Å². The molecule has 1 amide bonds. The molecule has 0 unspecified atom stereocenters. The molecule has 1 saturated carbocycles.